The van der Waals surface area contributed by atoms with Gasteiger partial charge in [0, 0.05) is 6.07 Å². The second-order valence-electron chi connectivity index (χ2n) is 3.44. The minimum Gasteiger partial charge on any atom is -0.430 e. The van der Waals surface area contributed by atoms with E-state index >= 15 is 0 Å². The molecule has 0 aliphatic rings. The maximum absolute atomic E-state index is 10.9. The lowest BCUT2D eigenvalue weighted by molar-refractivity contribution is -0.385. The molecule has 2 rings (SSSR count). The van der Waals surface area contributed by atoms with Crippen LogP contribution in [-0.2, 0) is 0 Å². The van der Waals surface area contributed by atoms with Gasteiger partial charge in [-0.1, -0.05) is 0 Å². The molecule has 0 radical (unpaired) electrons. The van der Waals surface area contributed by atoms with Crippen molar-refractivity contribution < 1.29 is 9.66 Å². The number of nitro benzene ring substituents is 1. The maximum atomic E-state index is 10.9. The molecule has 0 saturated carbocycles. The van der Waals surface area contributed by atoms with Crippen LogP contribution in [0.3, 0.4) is 0 Å². The first-order chi connectivity index (χ1) is 9.10. The Hall–Kier alpha value is -3.21. The summed E-state index contributed by atoms with van der Waals surface area (Å²) >= 11 is 0. The molecule has 0 amide bonds. The zero-order valence-corrected chi connectivity index (χ0v) is 9.48. The zero-order valence-electron chi connectivity index (χ0n) is 9.48. The lowest BCUT2D eigenvalue weighted by Crippen LogP contribution is -1.98. The quantitative estimate of drug-likeness (QED) is 0.653. The molecule has 8 heteroatoms. The minimum absolute atomic E-state index is 0.0350. The van der Waals surface area contributed by atoms with Gasteiger partial charge in [0.05, 0.1) is 28.9 Å². The van der Waals surface area contributed by atoms with Crippen LogP contribution in [-0.4, -0.2) is 14.9 Å². The SMILES string of the molecule is N#Cc1ccc(Oc2cncc(N)n2)c([N+](=O)[O-])c1. The molecule has 19 heavy (non-hydrogen) atoms. The number of ether oxygens (including phenoxy) is 1. The molecule has 1 heterocycles. The molecule has 1 aromatic carbocycles. The second-order valence-corrected chi connectivity index (χ2v) is 3.44. The monoisotopic (exact) mass is 257 g/mol. The van der Waals surface area contributed by atoms with E-state index < -0.39 is 4.92 Å². The van der Waals surface area contributed by atoms with Gasteiger partial charge in [-0.3, -0.25) is 15.1 Å². The van der Waals surface area contributed by atoms with E-state index in [4.69, 9.17) is 15.7 Å². The van der Waals surface area contributed by atoms with E-state index in [2.05, 4.69) is 9.97 Å². The minimum atomic E-state index is -0.643. The predicted octanol–water partition coefficient (Wildman–Crippen LogP) is 1.63. The van der Waals surface area contributed by atoms with E-state index in [0.717, 1.165) is 6.07 Å². The number of nitriles is 1. The molecular weight excluding hydrogens is 250 g/mol. The van der Waals surface area contributed by atoms with Crippen molar-refractivity contribution in [3.63, 3.8) is 0 Å². The molecule has 0 unspecified atom stereocenters. The average molecular weight is 257 g/mol. The average Bonchev–Trinajstić information content (AvgIpc) is 2.39. The van der Waals surface area contributed by atoms with Gasteiger partial charge in [-0.15, -0.1) is 0 Å². The van der Waals surface area contributed by atoms with Crippen LogP contribution < -0.4 is 10.5 Å². The van der Waals surface area contributed by atoms with Gasteiger partial charge < -0.3 is 10.5 Å². The largest absolute Gasteiger partial charge is 0.430 e. The van der Waals surface area contributed by atoms with Crippen molar-refractivity contribution in [3.05, 3.63) is 46.3 Å². The summed E-state index contributed by atoms with van der Waals surface area (Å²) in [6.07, 6.45) is 2.60. The summed E-state index contributed by atoms with van der Waals surface area (Å²) in [4.78, 5) is 17.8. The first-order valence-electron chi connectivity index (χ1n) is 5.04. The van der Waals surface area contributed by atoms with Crippen molar-refractivity contribution in [1.82, 2.24) is 9.97 Å². The van der Waals surface area contributed by atoms with Crippen molar-refractivity contribution in [2.75, 3.05) is 5.73 Å². The highest BCUT2D eigenvalue weighted by Crippen LogP contribution is 2.31. The molecule has 0 atom stereocenters. The van der Waals surface area contributed by atoms with E-state index in [-0.39, 0.29) is 28.7 Å². The van der Waals surface area contributed by atoms with Crippen LogP contribution in [0.1, 0.15) is 5.56 Å². The lowest BCUT2D eigenvalue weighted by atomic mass is 10.2. The van der Waals surface area contributed by atoms with E-state index in [1.54, 1.807) is 0 Å². The Morgan fingerprint density at radius 1 is 1.42 bits per heavy atom. The summed E-state index contributed by atoms with van der Waals surface area (Å²) in [5, 5.41) is 19.6. The van der Waals surface area contributed by atoms with E-state index in [1.807, 2.05) is 6.07 Å². The van der Waals surface area contributed by atoms with Crippen LogP contribution in [0.15, 0.2) is 30.6 Å². The highest BCUT2D eigenvalue weighted by Gasteiger charge is 2.17. The molecule has 0 spiro atoms. The summed E-state index contributed by atoms with van der Waals surface area (Å²) in [6, 6.07) is 5.66. The highest BCUT2D eigenvalue weighted by atomic mass is 16.6. The molecule has 0 fully saturated rings. The number of nitrogen functional groups attached to an aromatic ring is 1. The fraction of sp³-hybridized carbons (Fsp3) is 0. The molecule has 8 nitrogen and oxygen atoms in total. The van der Waals surface area contributed by atoms with Gasteiger partial charge >= 0.3 is 5.69 Å². The number of nitrogens with zero attached hydrogens (tertiary/aromatic N) is 4. The Balaban J connectivity index is 2.40. The van der Waals surface area contributed by atoms with Gasteiger partial charge in [-0.2, -0.15) is 10.2 Å². The third kappa shape index (κ3) is 2.73. The summed E-state index contributed by atoms with van der Waals surface area (Å²) in [5.41, 5.74) is 5.26. The van der Waals surface area contributed by atoms with Gasteiger partial charge in [0.2, 0.25) is 11.6 Å². The van der Waals surface area contributed by atoms with Crippen molar-refractivity contribution in [3.8, 4) is 17.7 Å². The first-order valence-corrected chi connectivity index (χ1v) is 5.04. The van der Waals surface area contributed by atoms with Crippen LogP contribution in [0.4, 0.5) is 11.5 Å². The molecule has 94 valence electrons. The van der Waals surface area contributed by atoms with Gasteiger partial charge in [0.1, 0.15) is 5.82 Å². The standard InChI is InChI=1S/C11H7N5O3/c12-4-7-1-2-9(8(3-7)16(17)18)19-11-6-14-5-10(13)15-11/h1-3,5-6H,(H2,13,15). The number of hydrogen-bond donors (Lipinski definition) is 1. The molecule has 2 N–H and O–H groups in total. The Morgan fingerprint density at radius 2 is 2.21 bits per heavy atom. The maximum Gasteiger partial charge on any atom is 0.312 e. The van der Waals surface area contributed by atoms with E-state index in [9.17, 15) is 10.1 Å². The molecule has 2 aromatic rings. The summed E-state index contributed by atoms with van der Waals surface area (Å²) in [5.74, 6) is 0.130. The Morgan fingerprint density at radius 3 is 2.84 bits per heavy atom. The number of anilines is 1. The van der Waals surface area contributed by atoms with Crippen LogP contribution in [0.5, 0.6) is 11.6 Å². The smallest absolute Gasteiger partial charge is 0.312 e. The normalized spacial score (nSPS) is 9.63. The molecule has 0 aliphatic carbocycles. The summed E-state index contributed by atoms with van der Waals surface area (Å²) in [6.45, 7) is 0. The first kappa shape index (κ1) is 12.3. The van der Waals surface area contributed by atoms with Gasteiger partial charge in [-0.25, -0.2) is 0 Å². The van der Waals surface area contributed by atoms with Gasteiger partial charge in [0.25, 0.3) is 0 Å². The highest BCUT2D eigenvalue weighted by molar-refractivity contribution is 5.52. The van der Waals surface area contributed by atoms with Crippen LogP contribution >= 0.6 is 0 Å². The number of nitrogens with two attached hydrogens (primary N) is 1. The zero-order chi connectivity index (χ0) is 13.8. The fourth-order valence-corrected chi connectivity index (χ4v) is 1.34. The van der Waals surface area contributed by atoms with Crippen LogP contribution in [0.2, 0.25) is 0 Å². The topological polar surface area (TPSA) is 128 Å². The fourth-order valence-electron chi connectivity index (χ4n) is 1.34. The molecule has 0 bridgehead atoms. The predicted molar refractivity (Wildman–Crippen MR) is 64.3 cm³/mol. The van der Waals surface area contributed by atoms with Crippen molar-refractivity contribution in [1.29, 1.82) is 5.26 Å². The number of nitro groups is 1. The van der Waals surface area contributed by atoms with Crippen molar-refractivity contribution >= 4 is 11.5 Å². The molecular formula is C11H7N5O3. The van der Waals surface area contributed by atoms with Gasteiger partial charge in [-0.05, 0) is 12.1 Å². The summed E-state index contributed by atoms with van der Waals surface area (Å²) in [7, 11) is 0. The number of benzene rings is 1. The van der Waals surface area contributed by atoms with E-state index in [1.165, 1.54) is 24.5 Å². The number of hydrogen-bond acceptors (Lipinski definition) is 7. The summed E-state index contributed by atoms with van der Waals surface area (Å²) < 4.78 is 5.25. The Kier molecular flexibility index (Phi) is 3.20. The molecule has 0 saturated heterocycles. The molecule has 0 aliphatic heterocycles. The number of aromatic nitrogens is 2. The Labute approximate surface area is 107 Å². The van der Waals surface area contributed by atoms with Crippen LogP contribution in [0, 0.1) is 21.4 Å². The van der Waals surface area contributed by atoms with Crippen LogP contribution in [0.25, 0.3) is 0 Å². The third-order valence-corrected chi connectivity index (χ3v) is 2.13. The lowest BCUT2D eigenvalue weighted by Gasteiger charge is -2.05. The molecule has 1 aromatic heterocycles. The van der Waals surface area contributed by atoms with Crippen molar-refractivity contribution in [2.24, 2.45) is 0 Å². The van der Waals surface area contributed by atoms with Crippen molar-refractivity contribution in [2.45, 2.75) is 0 Å². The van der Waals surface area contributed by atoms with E-state index in [0.29, 0.717) is 0 Å². The third-order valence-electron chi connectivity index (χ3n) is 2.13. The number of rotatable bonds is 3. The van der Waals surface area contributed by atoms with Gasteiger partial charge in [0.15, 0.2) is 0 Å². The second kappa shape index (κ2) is 4.97. The Bertz CT molecular complexity index is 680.